The number of carbonyl (C=O) groups is 1. The van der Waals surface area contributed by atoms with E-state index in [2.05, 4.69) is 6.92 Å². The Balaban J connectivity index is 1.63. The Morgan fingerprint density at radius 3 is 2.56 bits per heavy atom. The number of fused-ring (bicyclic) bond motifs is 2. The average Bonchev–Trinajstić information content (AvgIpc) is 2.67. The number of rotatable bonds is 3. The van der Waals surface area contributed by atoms with Crippen LogP contribution in [0.3, 0.4) is 0 Å². The van der Waals surface area contributed by atoms with Crippen LogP contribution in [0.5, 0.6) is 0 Å². The van der Waals surface area contributed by atoms with Crippen molar-refractivity contribution >= 4 is 16.7 Å². The normalized spacial score (nSPS) is 28.1. The molecule has 0 aliphatic heterocycles. The van der Waals surface area contributed by atoms with Gasteiger partial charge in [0, 0.05) is 0 Å². The van der Waals surface area contributed by atoms with E-state index in [9.17, 15) is 9.18 Å². The van der Waals surface area contributed by atoms with Crippen LogP contribution in [-0.2, 0) is 0 Å². The van der Waals surface area contributed by atoms with E-state index in [1.165, 1.54) is 31.7 Å². The highest BCUT2D eigenvalue weighted by Gasteiger charge is 2.36. The Kier molecular flexibility index (Phi) is 4.92. The lowest BCUT2D eigenvalue weighted by Gasteiger charge is -2.42. The predicted molar refractivity (Wildman–Crippen MR) is 102 cm³/mol. The molecule has 2 saturated carbocycles. The van der Waals surface area contributed by atoms with Gasteiger partial charge in [-0.25, -0.2) is 13.6 Å². The van der Waals surface area contributed by atoms with Gasteiger partial charge in [-0.3, -0.25) is 0 Å². The summed E-state index contributed by atoms with van der Waals surface area (Å²) in [7, 11) is 0. The average molecular weight is 372 g/mol. The summed E-state index contributed by atoms with van der Waals surface area (Å²) in [5.41, 5.74) is 0.445. The third-order valence-corrected chi connectivity index (χ3v) is 7.02. The summed E-state index contributed by atoms with van der Waals surface area (Å²) in [6.45, 7) is 2.27. The molecule has 4 rings (SSSR count). The van der Waals surface area contributed by atoms with E-state index in [0.717, 1.165) is 37.2 Å². The number of halogens is 2. The van der Waals surface area contributed by atoms with E-state index < -0.39 is 17.6 Å². The van der Waals surface area contributed by atoms with Gasteiger partial charge in [-0.05, 0) is 78.9 Å². The zero-order valence-corrected chi connectivity index (χ0v) is 15.7. The molecule has 2 fully saturated rings. The summed E-state index contributed by atoms with van der Waals surface area (Å²) in [6.07, 6.45) is 8.13. The Hall–Kier alpha value is -1.97. The smallest absolute Gasteiger partial charge is 0.335 e. The van der Waals surface area contributed by atoms with Crippen LogP contribution in [-0.4, -0.2) is 11.1 Å². The molecule has 4 heteroatoms. The molecule has 0 saturated heterocycles. The zero-order valence-electron chi connectivity index (χ0n) is 15.7. The minimum Gasteiger partial charge on any atom is -0.478 e. The second-order valence-electron chi connectivity index (χ2n) is 8.45. The molecular formula is C23H26F2O2. The summed E-state index contributed by atoms with van der Waals surface area (Å²) >= 11 is 0. The standard InChI is InChI=1S/C23H26F2O2/c1-2-13-3-4-15-10-16(6-5-14(15)9-13)19-8-7-17-11-18(23(26)27)12-20(24)21(17)22(19)25/h7-8,11-16H,2-6,9-10H2,1H3,(H,26,27). The maximum Gasteiger partial charge on any atom is 0.335 e. The second kappa shape index (κ2) is 7.21. The van der Waals surface area contributed by atoms with Crippen LogP contribution in [0.4, 0.5) is 8.78 Å². The Morgan fingerprint density at radius 2 is 1.81 bits per heavy atom. The van der Waals surface area contributed by atoms with Crippen molar-refractivity contribution < 1.29 is 18.7 Å². The number of benzene rings is 2. The Morgan fingerprint density at radius 1 is 1.07 bits per heavy atom. The first-order valence-electron chi connectivity index (χ1n) is 10.1. The molecule has 4 unspecified atom stereocenters. The third kappa shape index (κ3) is 3.35. The highest BCUT2D eigenvalue weighted by Crippen LogP contribution is 2.48. The third-order valence-electron chi connectivity index (χ3n) is 7.02. The lowest BCUT2D eigenvalue weighted by atomic mass is 9.63. The number of aromatic carboxylic acids is 1. The fourth-order valence-electron chi connectivity index (χ4n) is 5.47. The van der Waals surface area contributed by atoms with Gasteiger partial charge in [0.2, 0.25) is 0 Å². The molecule has 27 heavy (non-hydrogen) atoms. The van der Waals surface area contributed by atoms with Crippen molar-refractivity contribution in [2.45, 2.75) is 57.8 Å². The molecule has 0 heterocycles. The molecule has 2 nitrogen and oxygen atoms in total. The lowest BCUT2D eigenvalue weighted by molar-refractivity contribution is 0.0696. The van der Waals surface area contributed by atoms with E-state index in [1.807, 2.05) is 0 Å². The van der Waals surface area contributed by atoms with Crippen LogP contribution in [0.1, 0.15) is 73.7 Å². The number of carboxylic acid groups (broad SMARTS) is 1. The van der Waals surface area contributed by atoms with Gasteiger partial charge in [-0.15, -0.1) is 0 Å². The molecule has 144 valence electrons. The number of carboxylic acids is 1. The minimum atomic E-state index is -1.21. The fourth-order valence-corrected chi connectivity index (χ4v) is 5.47. The molecule has 0 amide bonds. The number of hydrogen-bond donors (Lipinski definition) is 1. The second-order valence-corrected chi connectivity index (χ2v) is 8.45. The van der Waals surface area contributed by atoms with E-state index in [1.54, 1.807) is 12.1 Å². The van der Waals surface area contributed by atoms with Gasteiger partial charge < -0.3 is 5.11 Å². The summed E-state index contributed by atoms with van der Waals surface area (Å²) < 4.78 is 29.7. The highest BCUT2D eigenvalue weighted by molar-refractivity contribution is 5.95. The van der Waals surface area contributed by atoms with Crippen LogP contribution < -0.4 is 0 Å². The van der Waals surface area contributed by atoms with Gasteiger partial charge in [-0.1, -0.05) is 31.9 Å². The zero-order chi connectivity index (χ0) is 19.1. The van der Waals surface area contributed by atoms with Crippen LogP contribution in [0, 0.1) is 29.4 Å². The lowest BCUT2D eigenvalue weighted by Crippen LogP contribution is -2.30. The topological polar surface area (TPSA) is 37.3 Å². The van der Waals surface area contributed by atoms with Crippen molar-refractivity contribution in [1.82, 2.24) is 0 Å². The number of hydrogen-bond acceptors (Lipinski definition) is 1. The molecule has 0 bridgehead atoms. The Labute approximate surface area is 158 Å². The van der Waals surface area contributed by atoms with Crippen molar-refractivity contribution in [3.8, 4) is 0 Å². The van der Waals surface area contributed by atoms with Crippen LogP contribution in [0.25, 0.3) is 10.8 Å². The molecule has 4 atom stereocenters. The van der Waals surface area contributed by atoms with Gasteiger partial charge in [0.25, 0.3) is 0 Å². The first kappa shape index (κ1) is 18.4. The van der Waals surface area contributed by atoms with E-state index >= 15 is 4.39 Å². The molecule has 2 aromatic carbocycles. The highest BCUT2D eigenvalue weighted by atomic mass is 19.1. The summed E-state index contributed by atoms with van der Waals surface area (Å²) in [5, 5.41) is 9.32. The summed E-state index contributed by atoms with van der Waals surface area (Å²) in [6, 6.07) is 5.67. The van der Waals surface area contributed by atoms with Gasteiger partial charge in [0.15, 0.2) is 0 Å². The van der Waals surface area contributed by atoms with Crippen molar-refractivity contribution in [3.63, 3.8) is 0 Å². The molecule has 0 radical (unpaired) electrons. The minimum absolute atomic E-state index is 0.0747. The monoisotopic (exact) mass is 372 g/mol. The van der Waals surface area contributed by atoms with Crippen molar-refractivity contribution in [2.24, 2.45) is 17.8 Å². The molecular weight excluding hydrogens is 346 g/mol. The quantitative estimate of drug-likeness (QED) is 0.665. The maximum absolute atomic E-state index is 15.2. The fraction of sp³-hybridized carbons (Fsp3) is 0.522. The van der Waals surface area contributed by atoms with Gasteiger partial charge in [-0.2, -0.15) is 0 Å². The summed E-state index contributed by atoms with van der Waals surface area (Å²) in [4.78, 5) is 11.1. The summed E-state index contributed by atoms with van der Waals surface area (Å²) in [5.74, 6) is -0.111. The van der Waals surface area contributed by atoms with Crippen LogP contribution in [0.2, 0.25) is 0 Å². The molecule has 1 N–H and O–H groups in total. The maximum atomic E-state index is 15.2. The van der Waals surface area contributed by atoms with Crippen molar-refractivity contribution in [2.75, 3.05) is 0 Å². The predicted octanol–water partition coefficient (Wildman–Crippen LogP) is 6.53. The first-order valence-corrected chi connectivity index (χ1v) is 10.1. The largest absolute Gasteiger partial charge is 0.478 e. The molecule has 2 aliphatic rings. The van der Waals surface area contributed by atoms with E-state index in [4.69, 9.17) is 5.11 Å². The first-order chi connectivity index (χ1) is 13.0. The Bertz CT molecular complexity index is 876. The van der Waals surface area contributed by atoms with Gasteiger partial charge >= 0.3 is 5.97 Å². The van der Waals surface area contributed by atoms with Crippen LogP contribution >= 0.6 is 0 Å². The molecule has 2 aromatic rings. The van der Waals surface area contributed by atoms with E-state index in [-0.39, 0.29) is 16.9 Å². The SMILES string of the molecule is CCC1CCC2CC(c3ccc4cc(C(=O)O)cc(F)c4c3F)CCC2C1. The van der Waals surface area contributed by atoms with Gasteiger partial charge in [0.05, 0.1) is 10.9 Å². The molecule has 0 spiro atoms. The van der Waals surface area contributed by atoms with Crippen LogP contribution in [0.15, 0.2) is 24.3 Å². The molecule has 2 aliphatic carbocycles. The van der Waals surface area contributed by atoms with E-state index in [0.29, 0.717) is 16.9 Å². The van der Waals surface area contributed by atoms with Crippen molar-refractivity contribution in [3.05, 3.63) is 47.0 Å². The van der Waals surface area contributed by atoms with Crippen molar-refractivity contribution in [1.29, 1.82) is 0 Å². The van der Waals surface area contributed by atoms with Gasteiger partial charge in [0.1, 0.15) is 11.6 Å². The molecule has 0 aromatic heterocycles.